The van der Waals surface area contributed by atoms with Gasteiger partial charge in [-0.25, -0.2) is 4.79 Å². The van der Waals surface area contributed by atoms with E-state index in [0.29, 0.717) is 10.7 Å². The Balaban J connectivity index is 2.28. The van der Waals surface area contributed by atoms with Crippen LogP contribution in [0.15, 0.2) is 36.4 Å². The van der Waals surface area contributed by atoms with Gasteiger partial charge >= 0.3 is 12.0 Å². The van der Waals surface area contributed by atoms with Crippen LogP contribution in [0, 0.1) is 12.8 Å². The first kappa shape index (κ1) is 27.2. The zero-order valence-corrected chi connectivity index (χ0v) is 21.0. The van der Waals surface area contributed by atoms with Crippen molar-refractivity contribution in [2.45, 2.75) is 46.8 Å². The molecule has 0 radical (unpaired) electrons. The van der Waals surface area contributed by atoms with Gasteiger partial charge in [0.25, 0.3) is 0 Å². The lowest BCUT2D eigenvalue weighted by atomic mass is 10.1. The standard InChI is InChI=1S/C24H34ClN5O4/c1-6-17(4)34-22-10-9-20(11-15(22)2)30(21-12-19(25)8-7-18(21)13-26)29-28-24(32)27-14-16(3)23(31)33-5/h7-12,16-17,29H,6,13-14,26H2,1-5H3,(H2,27,28,32)/t16-,17+/m0/s1. The van der Waals surface area contributed by atoms with E-state index < -0.39 is 17.9 Å². The van der Waals surface area contributed by atoms with Gasteiger partial charge < -0.3 is 20.5 Å². The highest BCUT2D eigenvalue weighted by atomic mass is 35.5. The summed E-state index contributed by atoms with van der Waals surface area (Å²) in [5.74, 6) is -0.105. The van der Waals surface area contributed by atoms with Crippen LogP contribution in [-0.4, -0.2) is 31.8 Å². The summed E-state index contributed by atoms with van der Waals surface area (Å²) in [7, 11) is 1.31. The van der Waals surface area contributed by atoms with Gasteiger partial charge in [-0.15, -0.1) is 5.53 Å². The molecule has 2 amide bonds. The highest BCUT2D eigenvalue weighted by Gasteiger charge is 2.18. The number of hydrogen-bond acceptors (Lipinski definition) is 7. The molecule has 9 nitrogen and oxygen atoms in total. The van der Waals surface area contributed by atoms with Gasteiger partial charge in [-0.2, -0.15) is 0 Å². The number of benzene rings is 2. The zero-order valence-electron chi connectivity index (χ0n) is 20.3. The number of rotatable bonds is 11. The maximum Gasteiger partial charge on any atom is 0.330 e. The maximum absolute atomic E-state index is 12.4. The molecule has 0 aliphatic carbocycles. The number of methoxy groups -OCH3 is 1. The number of amides is 2. The van der Waals surface area contributed by atoms with Crippen LogP contribution < -0.4 is 31.8 Å². The second-order valence-corrected chi connectivity index (χ2v) is 8.41. The van der Waals surface area contributed by atoms with Crippen LogP contribution in [0.4, 0.5) is 16.2 Å². The highest BCUT2D eigenvalue weighted by molar-refractivity contribution is 6.30. The third-order valence-corrected chi connectivity index (χ3v) is 5.52. The first-order chi connectivity index (χ1) is 16.2. The third-order valence-electron chi connectivity index (χ3n) is 5.28. The highest BCUT2D eigenvalue weighted by Crippen LogP contribution is 2.32. The van der Waals surface area contributed by atoms with E-state index >= 15 is 0 Å². The van der Waals surface area contributed by atoms with Crippen LogP contribution in [0.2, 0.25) is 5.02 Å². The number of nitrogens with zero attached hydrogens (tertiary/aromatic N) is 1. The number of halogens is 1. The molecule has 10 heteroatoms. The van der Waals surface area contributed by atoms with E-state index in [1.165, 1.54) is 7.11 Å². The van der Waals surface area contributed by atoms with Crippen LogP contribution in [0.25, 0.3) is 0 Å². The molecule has 0 aromatic heterocycles. The summed E-state index contributed by atoms with van der Waals surface area (Å²) in [6.45, 7) is 8.08. The van der Waals surface area contributed by atoms with Crippen molar-refractivity contribution in [1.29, 1.82) is 0 Å². The average Bonchev–Trinajstić information content (AvgIpc) is 2.83. The molecule has 2 rings (SSSR count). The van der Waals surface area contributed by atoms with Crippen LogP contribution in [0.1, 0.15) is 38.3 Å². The molecule has 34 heavy (non-hydrogen) atoms. The number of carbonyl (C=O) groups is 2. The predicted molar refractivity (Wildman–Crippen MR) is 134 cm³/mol. The maximum atomic E-state index is 12.4. The number of carbonyl (C=O) groups excluding carboxylic acids is 2. The van der Waals surface area contributed by atoms with Gasteiger partial charge in [-0.05, 0) is 61.7 Å². The Bertz CT molecular complexity index is 988. The molecule has 186 valence electrons. The number of anilines is 2. The molecule has 2 aromatic rings. The van der Waals surface area contributed by atoms with Crippen molar-refractivity contribution in [3.8, 4) is 5.75 Å². The minimum absolute atomic E-state index is 0.0910. The summed E-state index contributed by atoms with van der Waals surface area (Å²) >= 11 is 6.27. The fourth-order valence-electron chi connectivity index (χ4n) is 3.07. The van der Waals surface area contributed by atoms with E-state index in [-0.39, 0.29) is 19.2 Å². The van der Waals surface area contributed by atoms with Crippen LogP contribution in [0.3, 0.4) is 0 Å². The number of urea groups is 1. The minimum Gasteiger partial charge on any atom is -0.490 e. The van der Waals surface area contributed by atoms with Gasteiger partial charge in [0.15, 0.2) is 0 Å². The number of aryl methyl sites for hydroxylation is 1. The summed E-state index contributed by atoms with van der Waals surface area (Å²) in [6.07, 6.45) is 0.985. The normalized spacial score (nSPS) is 12.4. The number of ether oxygens (including phenoxy) is 2. The molecule has 0 aliphatic rings. The summed E-state index contributed by atoms with van der Waals surface area (Å²) < 4.78 is 10.7. The van der Waals surface area contributed by atoms with E-state index in [9.17, 15) is 9.59 Å². The van der Waals surface area contributed by atoms with E-state index in [0.717, 1.165) is 29.0 Å². The molecular formula is C24H34ClN5O4. The molecule has 0 aliphatic heterocycles. The van der Waals surface area contributed by atoms with Crippen molar-refractivity contribution in [3.63, 3.8) is 0 Å². The molecule has 0 saturated carbocycles. The van der Waals surface area contributed by atoms with E-state index in [1.54, 1.807) is 24.1 Å². The molecule has 0 spiro atoms. The summed E-state index contributed by atoms with van der Waals surface area (Å²) in [6, 6.07) is 10.5. The lowest BCUT2D eigenvalue weighted by Crippen LogP contribution is -2.52. The lowest BCUT2D eigenvalue weighted by molar-refractivity contribution is -0.144. The molecule has 5 N–H and O–H groups in total. The molecule has 0 bridgehead atoms. The average molecular weight is 492 g/mol. The third kappa shape index (κ3) is 7.51. The fraction of sp³-hybridized carbons (Fsp3) is 0.417. The van der Waals surface area contributed by atoms with Crippen LogP contribution >= 0.6 is 11.6 Å². The SMILES string of the molecule is CC[C@@H](C)Oc1ccc(N(NNC(=O)NC[C@H](C)C(=O)OC)c2cc(Cl)ccc2CN)cc1C. The number of nitrogens with two attached hydrogens (primary N) is 1. The van der Waals surface area contributed by atoms with Crippen molar-refractivity contribution in [1.82, 2.24) is 16.3 Å². The molecule has 0 heterocycles. The Labute approximate surface area is 205 Å². The van der Waals surface area contributed by atoms with Crippen molar-refractivity contribution in [3.05, 3.63) is 52.5 Å². The van der Waals surface area contributed by atoms with Gasteiger partial charge in [0.2, 0.25) is 0 Å². The Hall–Kier alpha value is -3.01. The second kappa shape index (κ2) is 13.0. The minimum atomic E-state index is -0.523. The van der Waals surface area contributed by atoms with Crippen molar-refractivity contribution in [2.24, 2.45) is 11.7 Å². The Morgan fingerprint density at radius 3 is 2.53 bits per heavy atom. The molecule has 0 unspecified atom stereocenters. The van der Waals surface area contributed by atoms with Crippen LogP contribution in [0.5, 0.6) is 5.75 Å². The van der Waals surface area contributed by atoms with E-state index in [2.05, 4.69) is 27.9 Å². The summed E-state index contributed by atoms with van der Waals surface area (Å²) in [5, 5.41) is 4.83. The van der Waals surface area contributed by atoms with Crippen LogP contribution in [-0.2, 0) is 16.1 Å². The first-order valence-corrected chi connectivity index (χ1v) is 11.5. The van der Waals surface area contributed by atoms with Crippen molar-refractivity contribution >= 4 is 35.0 Å². The molecule has 0 fully saturated rings. The lowest BCUT2D eigenvalue weighted by Gasteiger charge is -2.28. The van der Waals surface area contributed by atoms with Gasteiger partial charge in [0.05, 0.1) is 30.5 Å². The van der Waals surface area contributed by atoms with Crippen molar-refractivity contribution < 1.29 is 19.1 Å². The second-order valence-electron chi connectivity index (χ2n) is 7.97. The fourth-order valence-corrected chi connectivity index (χ4v) is 3.23. The largest absolute Gasteiger partial charge is 0.490 e. The summed E-state index contributed by atoms with van der Waals surface area (Å²) in [5.41, 5.74) is 14.6. The van der Waals surface area contributed by atoms with Gasteiger partial charge in [0, 0.05) is 18.1 Å². The monoisotopic (exact) mass is 491 g/mol. The molecule has 2 aromatic carbocycles. The Morgan fingerprint density at radius 1 is 1.18 bits per heavy atom. The van der Waals surface area contributed by atoms with Gasteiger partial charge in [0.1, 0.15) is 5.75 Å². The van der Waals surface area contributed by atoms with E-state index in [1.807, 2.05) is 38.1 Å². The molecular weight excluding hydrogens is 458 g/mol. The predicted octanol–water partition coefficient (Wildman–Crippen LogP) is 3.95. The first-order valence-electron chi connectivity index (χ1n) is 11.1. The number of esters is 1. The Morgan fingerprint density at radius 2 is 1.91 bits per heavy atom. The quantitative estimate of drug-likeness (QED) is 0.277. The molecule has 0 saturated heterocycles. The Kier molecular flexibility index (Phi) is 10.4. The number of hydrogen-bond donors (Lipinski definition) is 4. The zero-order chi connectivity index (χ0) is 25.3. The smallest absolute Gasteiger partial charge is 0.330 e. The topological polar surface area (TPSA) is 118 Å². The summed E-state index contributed by atoms with van der Waals surface area (Å²) in [4.78, 5) is 23.9. The van der Waals surface area contributed by atoms with Gasteiger partial charge in [-0.1, -0.05) is 31.5 Å². The molecule has 2 atom stereocenters. The van der Waals surface area contributed by atoms with Crippen molar-refractivity contribution in [2.75, 3.05) is 18.7 Å². The number of hydrazine groups is 2. The number of nitrogens with one attached hydrogen (secondary N) is 3. The van der Waals surface area contributed by atoms with Gasteiger partial charge in [-0.3, -0.25) is 15.2 Å². The van der Waals surface area contributed by atoms with E-state index in [4.69, 9.17) is 22.1 Å².